The number of hydrogen-bond acceptors (Lipinski definition) is 3. The van der Waals surface area contributed by atoms with Gasteiger partial charge in [0.15, 0.2) is 0 Å². The van der Waals surface area contributed by atoms with Crippen molar-refractivity contribution in [3.8, 4) is 21.8 Å². The van der Waals surface area contributed by atoms with E-state index in [2.05, 4.69) is 29.8 Å². The zero-order valence-electron chi connectivity index (χ0n) is 14.7. The van der Waals surface area contributed by atoms with E-state index in [0.29, 0.717) is 12.3 Å². The third-order valence-electron chi connectivity index (χ3n) is 3.94. The summed E-state index contributed by atoms with van der Waals surface area (Å²) >= 11 is 1.65. The van der Waals surface area contributed by atoms with Gasteiger partial charge in [-0.25, -0.2) is 4.98 Å². The Labute approximate surface area is 152 Å². The molecule has 0 atom stereocenters. The van der Waals surface area contributed by atoms with Crippen molar-refractivity contribution in [2.24, 2.45) is 5.92 Å². The highest BCUT2D eigenvalue weighted by Gasteiger charge is 2.09. The molecule has 2 aromatic carbocycles. The summed E-state index contributed by atoms with van der Waals surface area (Å²) in [6.45, 7) is 6.18. The van der Waals surface area contributed by atoms with Crippen molar-refractivity contribution in [2.45, 2.75) is 27.2 Å². The minimum atomic E-state index is 0.0539. The molecule has 128 valence electrons. The van der Waals surface area contributed by atoms with E-state index in [1.54, 1.807) is 11.3 Å². The molecule has 1 heterocycles. The maximum atomic E-state index is 11.8. The van der Waals surface area contributed by atoms with E-state index in [9.17, 15) is 4.79 Å². The second kappa shape index (κ2) is 7.62. The summed E-state index contributed by atoms with van der Waals surface area (Å²) < 4.78 is 0. The Morgan fingerprint density at radius 2 is 1.84 bits per heavy atom. The molecule has 0 spiro atoms. The van der Waals surface area contributed by atoms with E-state index in [1.807, 2.05) is 50.2 Å². The van der Waals surface area contributed by atoms with Gasteiger partial charge in [0.05, 0.1) is 5.69 Å². The van der Waals surface area contributed by atoms with Crippen LogP contribution in [0.3, 0.4) is 0 Å². The van der Waals surface area contributed by atoms with E-state index in [0.717, 1.165) is 22.0 Å². The zero-order valence-corrected chi connectivity index (χ0v) is 15.6. The maximum absolute atomic E-state index is 11.8. The smallest absolute Gasteiger partial charge is 0.224 e. The number of aryl methyl sites for hydroxylation is 1. The predicted octanol–water partition coefficient (Wildman–Crippen LogP) is 5.77. The summed E-state index contributed by atoms with van der Waals surface area (Å²) in [5, 5.41) is 6.04. The van der Waals surface area contributed by atoms with Gasteiger partial charge < -0.3 is 5.32 Å². The number of nitrogens with zero attached hydrogens (tertiary/aromatic N) is 1. The molecule has 0 fully saturated rings. The number of rotatable bonds is 5. The normalized spacial score (nSPS) is 10.9. The van der Waals surface area contributed by atoms with Gasteiger partial charge in [-0.05, 0) is 30.5 Å². The van der Waals surface area contributed by atoms with Crippen LogP contribution in [0.2, 0.25) is 0 Å². The minimum absolute atomic E-state index is 0.0539. The summed E-state index contributed by atoms with van der Waals surface area (Å²) in [5.74, 6) is 0.410. The molecule has 0 aliphatic heterocycles. The number of benzene rings is 2. The third kappa shape index (κ3) is 4.34. The fourth-order valence-corrected chi connectivity index (χ4v) is 3.57. The van der Waals surface area contributed by atoms with E-state index >= 15 is 0 Å². The first-order valence-electron chi connectivity index (χ1n) is 8.45. The fraction of sp³-hybridized carbons (Fsp3) is 0.238. The summed E-state index contributed by atoms with van der Waals surface area (Å²) in [5.41, 5.74) is 5.24. The molecule has 0 saturated carbocycles. The molecule has 0 aliphatic rings. The molecule has 0 radical (unpaired) electrons. The molecule has 3 aromatic rings. The Hall–Kier alpha value is -2.46. The maximum Gasteiger partial charge on any atom is 0.224 e. The second-order valence-corrected chi connectivity index (χ2v) is 7.43. The monoisotopic (exact) mass is 350 g/mol. The Morgan fingerprint density at radius 3 is 2.52 bits per heavy atom. The Bertz CT molecular complexity index is 866. The molecule has 3 rings (SSSR count). The summed E-state index contributed by atoms with van der Waals surface area (Å²) in [4.78, 5) is 16.6. The van der Waals surface area contributed by atoms with E-state index in [4.69, 9.17) is 4.98 Å². The average Bonchev–Trinajstić information content (AvgIpc) is 3.05. The highest BCUT2D eigenvalue weighted by molar-refractivity contribution is 7.13. The summed E-state index contributed by atoms with van der Waals surface area (Å²) in [6.07, 6.45) is 0.535. The number of anilines is 1. The van der Waals surface area contributed by atoms with Crippen molar-refractivity contribution in [3.05, 3.63) is 59.5 Å². The van der Waals surface area contributed by atoms with Gasteiger partial charge in [-0.1, -0.05) is 50.2 Å². The van der Waals surface area contributed by atoms with Crippen LogP contribution in [0.5, 0.6) is 0 Å². The number of carbonyl (C=O) groups excluding carboxylic acids is 1. The van der Waals surface area contributed by atoms with Crippen LogP contribution >= 0.6 is 11.3 Å². The molecular formula is C21H22N2OS. The summed E-state index contributed by atoms with van der Waals surface area (Å²) in [7, 11) is 0. The van der Waals surface area contributed by atoms with Gasteiger partial charge in [0.1, 0.15) is 5.01 Å². The topological polar surface area (TPSA) is 42.0 Å². The van der Waals surface area contributed by atoms with Crippen molar-refractivity contribution in [3.63, 3.8) is 0 Å². The molecule has 0 bridgehead atoms. The lowest BCUT2D eigenvalue weighted by Gasteiger charge is -2.07. The van der Waals surface area contributed by atoms with Crippen molar-refractivity contribution >= 4 is 22.9 Å². The SMILES string of the molecule is Cc1ccccc1-c1nc(-c2ccc(NC(=O)CC(C)C)cc2)cs1. The van der Waals surface area contributed by atoms with Crippen LogP contribution < -0.4 is 5.32 Å². The fourth-order valence-electron chi connectivity index (χ4n) is 2.65. The van der Waals surface area contributed by atoms with E-state index < -0.39 is 0 Å². The van der Waals surface area contributed by atoms with E-state index in [1.165, 1.54) is 11.1 Å². The van der Waals surface area contributed by atoms with Crippen LogP contribution in [0, 0.1) is 12.8 Å². The second-order valence-electron chi connectivity index (χ2n) is 6.58. The van der Waals surface area contributed by atoms with Gasteiger partial charge in [0, 0.05) is 28.6 Å². The molecule has 25 heavy (non-hydrogen) atoms. The van der Waals surface area contributed by atoms with Crippen LogP contribution in [0.15, 0.2) is 53.9 Å². The number of nitrogens with one attached hydrogen (secondary N) is 1. The largest absolute Gasteiger partial charge is 0.326 e. The number of aromatic nitrogens is 1. The number of amides is 1. The van der Waals surface area contributed by atoms with Gasteiger partial charge in [0.2, 0.25) is 5.91 Å². The Balaban J connectivity index is 1.75. The number of carbonyl (C=O) groups is 1. The van der Waals surface area contributed by atoms with Crippen LogP contribution in [0.1, 0.15) is 25.8 Å². The predicted molar refractivity (Wildman–Crippen MR) is 106 cm³/mol. The highest BCUT2D eigenvalue weighted by atomic mass is 32.1. The first-order chi connectivity index (χ1) is 12.0. The van der Waals surface area contributed by atoms with Gasteiger partial charge in [-0.15, -0.1) is 11.3 Å². The van der Waals surface area contributed by atoms with Gasteiger partial charge in [-0.2, -0.15) is 0 Å². The molecule has 0 aliphatic carbocycles. The Kier molecular flexibility index (Phi) is 5.29. The molecule has 4 heteroatoms. The van der Waals surface area contributed by atoms with Crippen molar-refractivity contribution in [1.29, 1.82) is 0 Å². The average molecular weight is 350 g/mol. The molecule has 1 amide bonds. The lowest BCUT2D eigenvalue weighted by molar-refractivity contribution is -0.116. The van der Waals surface area contributed by atoms with Gasteiger partial charge >= 0.3 is 0 Å². The van der Waals surface area contributed by atoms with Crippen LogP contribution in [0.25, 0.3) is 21.8 Å². The van der Waals surface area contributed by atoms with Crippen LogP contribution in [-0.4, -0.2) is 10.9 Å². The molecule has 3 nitrogen and oxygen atoms in total. The van der Waals surface area contributed by atoms with Gasteiger partial charge in [0.25, 0.3) is 0 Å². The lowest BCUT2D eigenvalue weighted by Crippen LogP contribution is -2.13. The standard InChI is InChI=1S/C21H22N2OS/c1-14(2)12-20(24)22-17-10-8-16(9-11-17)19-13-25-21(23-19)18-7-5-4-6-15(18)3/h4-11,13-14H,12H2,1-3H3,(H,22,24). The molecule has 1 N–H and O–H groups in total. The van der Waals surface area contributed by atoms with E-state index in [-0.39, 0.29) is 5.91 Å². The summed E-state index contributed by atoms with van der Waals surface area (Å²) in [6, 6.07) is 16.2. The number of hydrogen-bond donors (Lipinski definition) is 1. The first-order valence-corrected chi connectivity index (χ1v) is 9.32. The molecule has 0 unspecified atom stereocenters. The van der Waals surface area contributed by atoms with Crippen molar-refractivity contribution in [1.82, 2.24) is 4.98 Å². The molecule has 0 saturated heterocycles. The quantitative estimate of drug-likeness (QED) is 0.634. The van der Waals surface area contributed by atoms with Crippen LogP contribution in [-0.2, 0) is 4.79 Å². The molecule has 1 aromatic heterocycles. The third-order valence-corrected chi connectivity index (χ3v) is 4.81. The molecular weight excluding hydrogens is 328 g/mol. The number of thiazole rings is 1. The Morgan fingerprint density at radius 1 is 1.12 bits per heavy atom. The highest BCUT2D eigenvalue weighted by Crippen LogP contribution is 2.31. The van der Waals surface area contributed by atoms with Gasteiger partial charge in [-0.3, -0.25) is 4.79 Å². The van der Waals surface area contributed by atoms with Crippen LogP contribution in [0.4, 0.5) is 5.69 Å². The van der Waals surface area contributed by atoms with Crippen molar-refractivity contribution < 1.29 is 4.79 Å². The lowest BCUT2D eigenvalue weighted by atomic mass is 10.1. The zero-order chi connectivity index (χ0) is 17.8. The first kappa shape index (κ1) is 17.4. The van der Waals surface area contributed by atoms with Crippen molar-refractivity contribution in [2.75, 3.05) is 5.32 Å². The minimum Gasteiger partial charge on any atom is -0.326 e.